The lowest BCUT2D eigenvalue weighted by molar-refractivity contribution is -0.185. The Labute approximate surface area is 182 Å². The van der Waals surface area contributed by atoms with Crippen LogP contribution in [-0.4, -0.2) is 31.2 Å². The van der Waals surface area contributed by atoms with E-state index in [9.17, 15) is 4.79 Å². The van der Waals surface area contributed by atoms with Gasteiger partial charge in [-0.25, -0.2) is 5.43 Å². The lowest BCUT2D eigenvalue weighted by Crippen LogP contribution is -2.64. The van der Waals surface area contributed by atoms with Crippen LogP contribution >= 0.6 is 0 Å². The monoisotopic (exact) mass is 418 g/mol. The van der Waals surface area contributed by atoms with E-state index >= 15 is 0 Å². The van der Waals surface area contributed by atoms with Crippen LogP contribution < -0.4 is 14.9 Å². The number of benzene rings is 3. The largest absolute Gasteiger partial charge is 0.497 e. The molecule has 1 amide bonds. The van der Waals surface area contributed by atoms with E-state index in [2.05, 4.69) is 5.43 Å². The first-order chi connectivity index (χ1) is 15.2. The average molecular weight is 418 g/mol. The van der Waals surface area contributed by atoms with Crippen molar-refractivity contribution in [3.05, 3.63) is 95.6 Å². The van der Waals surface area contributed by atoms with Gasteiger partial charge in [-0.2, -0.15) is 0 Å². The highest BCUT2D eigenvalue weighted by molar-refractivity contribution is 5.88. The molecule has 0 radical (unpaired) electrons. The number of methoxy groups -OCH3 is 2. The van der Waals surface area contributed by atoms with Crippen molar-refractivity contribution >= 4 is 5.91 Å². The molecule has 6 nitrogen and oxygen atoms in total. The third kappa shape index (κ3) is 4.71. The maximum absolute atomic E-state index is 12.9. The molecule has 4 rings (SSSR count). The van der Waals surface area contributed by atoms with Crippen molar-refractivity contribution in [1.29, 1.82) is 0 Å². The van der Waals surface area contributed by atoms with Gasteiger partial charge in [-0.3, -0.25) is 9.80 Å². The van der Waals surface area contributed by atoms with Crippen molar-refractivity contribution in [2.75, 3.05) is 14.2 Å². The van der Waals surface area contributed by atoms with Crippen LogP contribution in [0, 0.1) is 0 Å². The molecule has 2 atom stereocenters. The fourth-order valence-corrected chi connectivity index (χ4v) is 3.61. The van der Waals surface area contributed by atoms with E-state index in [0.717, 1.165) is 28.2 Å². The van der Waals surface area contributed by atoms with Gasteiger partial charge in [-0.15, -0.1) is 0 Å². The van der Waals surface area contributed by atoms with Gasteiger partial charge >= 0.3 is 0 Å². The van der Waals surface area contributed by atoms with E-state index < -0.39 is 6.10 Å². The number of nitrogens with one attached hydrogen (secondary N) is 1. The Morgan fingerprint density at radius 3 is 2.03 bits per heavy atom. The van der Waals surface area contributed by atoms with Crippen molar-refractivity contribution in [3.8, 4) is 11.5 Å². The van der Waals surface area contributed by atoms with Gasteiger partial charge < -0.3 is 14.2 Å². The minimum atomic E-state index is -0.544. The van der Waals surface area contributed by atoms with Crippen LogP contribution in [0.25, 0.3) is 0 Å². The molecule has 0 spiro atoms. The Morgan fingerprint density at radius 1 is 0.806 bits per heavy atom. The van der Waals surface area contributed by atoms with Crippen molar-refractivity contribution in [1.82, 2.24) is 10.4 Å². The Kier molecular flexibility index (Phi) is 6.50. The third-order valence-corrected chi connectivity index (χ3v) is 5.39. The predicted molar refractivity (Wildman–Crippen MR) is 117 cm³/mol. The SMILES string of the molecule is COc1ccc(CNN2C(=O)[C@@H](OCc3ccccc3)[C@H]2c2ccc(OC)cc2)cc1. The Bertz CT molecular complexity index is 990. The first-order valence-electron chi connectivity index (χ1n) is 10.2. The summed E-state index contributed by atoms with van der Waals surface area (Å²) in [5.41, 5.74) is 6.33. The number of amides is 1. The topological polar surface area (TPSA) is 60.0 Å². The standard InChI is InChI=1S/C25H26N2O4/c1-29-21-12-8-18(9-13-21)16-26-27-23(20-10-14-22(30-2)15-11-20)24(25(27)28)31-17-19-6-4-3-5-7-19/h3-15,23-24,26H,16-17H2,1-2H3/t23-,24+/m1/s1. The minimum absolute atomic E-state index is 0.0785. The molecule has 1 heterocycles. The number of hydrazine groups is 1. The normalized spacial score (nSPS) is 17.9. The van der Waals surface area contributed by atoms with Crippen LogP contribution in [0.5, 0.6) is 11.5 Å². The molecule has 3 aromatic rings. The molecule has 1 fully saturated rings. The predicted octanol–water partition coefficient (Wildman–Crippen LogP) is 3.88. The number of nitrogens with zero attached hydrogens (tertiary/aromatic N) is 1. The molecule has 0 unspecified atom stereocenters. The zero-order valence-corrected chi connectivity index (χ0v) is 17.7. The zero-order chi connectivity index (χ0) is 21.6. The Morgan fingerprint density at radius 2 is 1.42 bits per heavy atom. The summed E-state index contributed by atoms with van der Waals surface area (Å²) in [5, 5.41) is 1.65. The quantitative estimate of drug-likeness (QED) is 0.535. The summed E-state index contributed by atoms with van der Waals surface area (Å²) in [6, 6.07) is 25.1. The summed E-state index contributed by atoms with van der Waals surface area (Å²) in [5.74, 6) is 1.49. The molecule has 1 aliphatic heterocycles. The van der Waals surface area contributed by atoms with Crippen LogP contribution in [0.1, 0.15) is 22.7 Å². The maximum Gasteiger partial charge on any atom is 0.269 e. The van der Waals surface area contributed by atoms with E-state index in [-0.39, 0.29) is 11.9 Å². The number of hydrogen-bond donors (Lipinski definition) is 1. The zero-order valence-electron chi connectivity index (χ0n) is 17.7. The molecule has 1 N–H and O–H groups in total. The highest BCUT2D eigenvalue weighted by Crippen LogP contribution is 2.36. The molecule has 0 aliphatic carbocycles. The molecular weight excluding hydrogens is 392 g/mol. The van der Waals surface area contributed by atoms with E-state index in [1.54, 1.807) is 19.2 Å². The third-order valence-electron chi connectivity index (χ3n) is 5.39. The number of β-lactam (4-membered cyclic amide) rings is 1. The van der Waals surface area contributed by atoms with Gasteiger partial charge in [0.15, 0.2) is 6.10 Å². The van der Waals surface area contributed by atoms with Crippen LogP contribution in [0.4, 0.5) is 0 Å². The second kappa shape index (κ2) is 9.64. The summed E-state index contributed by atoms with van der Waals surface area (Å²) in [6.07, 6.45) is -0.544. The molecule has 1 aliphatic rings. The lowest BCUT2D eigenvalue weighted by atomic mass is 9.92. The van der Waals surface area contributed by atoms with Gasteiger partial charge in [-0.05, 0) is 41.0 Å². The van der Waals surface area contributed by atoms with Crippen LogP contribution in [-0.2, 0) is 22.7 Å². The average Bonchev–Trinajstić information content (AvgIpc) is 2.83. The molecule has 1 saturated heterocycles. The van der Waals surface area contributed by atoms with Gasteiger partial charge in [0.25, 0.3) is 5.91 Å². The Balaban J connectivity index is 1.47. The summed E-state index contributed by atoms with van der Waals surface area (Å²) < 4.78 is 16.5. The van der Waals surface area contributed by atoms with Gasteiger partial charge in [0.2, 0.25) is 0 Å². The minimum Gasteiger partial charge on any atom is -0.497 e. The summed E-state index contributed by atoms with van der Waals surface area (Å²) in [7, 11) is 3.28. The van der Waals surface area contributed by atoms with E-state index in [0.29, 0.717) is 13.2 Å². The molecular formula is C25H26N2O4. The van der Waals surface area contributed by atoms with Gasteiger partial charge in [-0.1, -0.05) is 54.6 Å². The number of hydrogen-bond acceptors (Lipinski definition) is 5. The van der Waals surface area contributed by atoms with Crippen LogP contribution in [0.3, 0.4) is 0 Å². The molecule has 31 heavy (non-hydrogen) atoms. The van der Waals surface area contributed by atoms with E-state index in [1.807, 2.05) is 78.9 Å². The number of rotatable bonds is 9. The number of carbonyl (C=O) groups excluding carboxylic acids is 1. The smallest absolute Gasteiger partial charge is 0.269 e. The highest BCUT2D eigenvalue weighted by atomic mass is 16.5. The van der Waals surface area contributed by atoms with Crippen LogP contribution in [0.15, 0.2) is 78.9 Å². The van der Waals surface area contributed by atoms with Crippen molar-refractivity contribution in [3.63, 3.8) is 0 Å². The second-order valence-electron chi connectivity index (χ2n) is 7.33. The lowest BCUT2D eigenvalue weighted by Gasteiger charge is -2.46. The molecule has 3 aromatic carbocycles. The molecule has 160 valence electrons. The molecule has 0 saturated carbocycles. The fraction of sp³-hybridized carbons (Fsp3) is 0.240. The number of carbonyl (C=O) groups is 1. The van der Waals surface area contributed by atoms with E-state index in [4.69, 9.17) is 14.2 Å². The highest BCUT2D eigenvalue weighted by Gasteiger charge is 2.49. The summed E-state index contributed by atoms with van der Waals surface area (Å²) >= 11 is 0. The first kappa shape index (κ1) is 20.9. The van der Waals surface area contributed by atoms with Crippen molar-refractivity contribution in [2.45, 2.75) is 25.3 Å². The van der Waals surface area contributed by atoms with E-state index in [1.165, 1.54) is 0 Å². The molecule has 0 bridgehead atoms. The van der Waals surface area contributed by atoms with Gasteiger partial charge in [0, 0.05) is 6.54 Å². The van der Waals surface area contributed by atoms with Crippen molar-refractivity contribution in [2.24, 2.45) is 0 Å². The van der Waals surface area contributed by atoms with Gasteiger partial charge in [0.05, 0.1) is 20.8 Å². The fourth-order valence-electron chi connectivity index (χ4n) is 3.61. The molecule has 0 aromatic heterocycles. The van der Waals surface area contributed by atoms with Gasteiger partial charge in [0.1, 0.15) is 17.5 Å². The first-order valence-corrected chi connectivity index (χ1v) is 10.2. The van der Waals surface area contributed by atoms with Crippen LogP contribution in [0.2, 0.25) is 0 Å². The second-order valence-corrected chi connectivity index (χ2v) is 7.33. The maximum atomic E-state index is 12.9. The Hall–Kier alpha value is -3.35. The summed E-state index contributed by atoms with van der Waals surface area (Å²) in [4.78, 5) is 12.9. The molecule has 6 heteroatoms. The summed E-state index contributed by atoms with van der Waals surface area (Å²) in [6.45, 7) is 0.907. The number of ether oxygens (including phenoxy) is 3. The van der Waals surface area contributed by atoms with Crippen molar-refractivity contribution < 1.29 is 19.0 Å².